The standard InChI is InChI=1S/C18H19N5O2/c1-23-7-5-15(11-23)25-17-9-12(4-6-19-17)18(24)21-14-2-3-16-13(8-14)10-20-22-16/h2-4,6,8-10,15H,5,7,11H2,1H3,(H,20,22)(H,21,24)/t15-/m0/s1. The van der Waals surface area contributed by atoms with E-state index in [-0.39, 0.29) is 12.0 Å². The third kappa shape index (κ3) is 3.46. The van der Waals surface area contributed by atoms with Crippen molar-refractivity contribution in [2.75, 3.05) is 25.5 Å². The van der Waals surface area contributed by atoms with Gasteiger partial charge in [-0.15, -0.1) is 0 Å². The van der Waals surface area contributed by atoms with Crippen LogP contribution in [0.2, 0.25) is 0 Å². The second-order valence-corrected chi connectivity index (χ2v) is 6.30. The summed E-state index contributed by atoms with van der Waals surface area (Å²) in [5.41, 5.74) is 2.17. The number of likely N-dealkylation sites (N-methyl/N-ethyl adjacent to an activating group) is 1. The van der Waals surface area contributed by atoms with E-state index in [4.69, 9.17) is 4.74 Å². The van der Waals surface area contributed by atoms with Gasteiger partial charge in [0.2, 0.25) is 5.88 Å². The van der Waals surface area contributed by atoms with Crippen LogP contribution >= 0.6 is 0 Å². The number of nitrogens with zero attached hydrogens (tertiary/aromatic N) is 3. The summed E-state index contributed by atoms with van der Waals surface area (Å²) in [7, 11) is 2.07. The van der Waals surface area contributed by atoms with E-state index in [9.17, 15) is 4.79 Å². The number of ether oxygens (including phenoxy) is 1. The summed E-state index contributed by atoms with van der Waals surface area (Å²) in [5, 5.41) is 10.7. The number of nitrogens with one attached hydrogen (secondary N) is 2. The van der Waals surface area contributed by atoms with Crippen molar-refractivity contribution >= 4 is 22.5 Å². The summed E-state index contributed by atoms with van der Waals surface area (Å²) in [5.74, 6) is 0.289. The van der Waals surface area contributed by atoms with Crippen LogP contribution in [0.25, 0.3) is 10.9 Å². The van der Waals surface area contributed by atoms with Crippen LogP contribution in [-0.2, 0) is 0 Å². The molecule has 128 valence electrons. The topological polar surface area (TPSA) is 83.1 Å². The molecule has 0 aliphatic carbocycles. The normalized spacial score (nSPS) is 17.7. The number of carbonyl (C=O) groups excluding carboxylic acids is 1. The molecule has 3 heterocycles. The number of aromatic nitrogens is 3. The molecule has 1 saturated heterocycles. The van der Waals surface area contributed by atoms with E-state index in [0.717, 1.165) is 36.1 Å². The molecule has 1 amide bonds. The summed E-state index contributed by atoms with van der Waals surface area (Å²) in [6.45, 7) is 1.89. The lowest BCUT2D eigenvalue weighted by Crippen LogP contribution is -2.22. The van der Waals surface area contributed by atoms with Gasteiger partial charge in [0.1, 0.15) is 6.10 Å². The van der Waals surface area contributed by atoms with E-state index < -0.39 is 0 Å². The number of H-pyrrole nitrogens is 1. The number of carbonyl (C=O) groups is 1. The van der Waals surface area contributed by atoms with Gasteiger partial charge in [-0.2, -0.15) is 5.10 Å². The highest BCUT2D eigenvalue weighted by molar-refractivity contribution is 6.05. The van der Waals surface area contributed by atoms with E-state index in [1.165, 1.54) is 0 Å². The number of amides is 1. The van der Waals surface area contributed by atoms with Gasteiger partial charge in [0, 0.05) is 42.0 Å². The molecular formula is C18H19N5O2. The van der Waals surface area contributed by atoms with Gasteiger partial charge in [-0.1, -0.05) is 0 Å². The van der Waals surface area contributed by atoms with Crippen molar-refractivity contribution in [2.24, 2.45) is 0 Å². The maximum atomic E-state index is 12.5. The van der Waals surface area contributed by atoms with Crippen LogP contribution in [0.5, 0.6) is 5.88 Å². The largest absolute Gasteiger partial charge is 0.473 e. The average Bonchev–Trinajstić information content (AvgIpc) is 3.23. The fraction of sp³-hybridized carbons (Fsp3) is 0.278. The second kappa shape index (κ2) is 6.52. The summed E-state index contributed by atoms with van der Waals surface area (Å²) < 4.78 is 5.89. The number of pyridine rings is 1. The van der Waals surface area contributed by atoms with Gasteiger partial charge >= 0.3 is 0 Å². The van der Waals surface area contributed by atoms with Crippen molar-refractivity contribution in [1.82, 2.24) is 20.1 Å². The van der Waals surface area contributed by atoms with E-state index in [1.54, 1.807) is 24.5 Å². The molecule has 1 aliphatic heterocycles. The number of anilines is 1. The maximum absolute atomic E-state index is 12.5. The van der Waals surface area contributed by atoms with Crippen LogP contribution in [0.4, 0.5) is 5.69 Å². The lowest BCUT2D eigenvalue weighted by Gasteiger charge is -2.13. The van der Waals surface area contributed by atoms with Crippen molar-refractivity contribution in [1.29, 1.82) is 0 Å². The smallest absolute Gasteiger partial charge is 0.255 e. The number of hydrogen-bond acceptors (Lipinski definition) is 5. The Bertz CT molecular complexity index is 907. The van der Waals surface area contributed by atoms with Crippen molar-refractivity contribution in [3.8, 4) is 5.88 Å². The lowest BCUT2D eigenvalue weighted by molar-refractivity contribution is 0.102. The number of likely N-dealkylation sites (tertiary alicyclic amines) is 1. The molecule has 7 nitrogen and oxygen atoms in total. The second-order valence-electron chi connectivity index (χ2n) is 6.30. The average molecular weight is 337 g/mol. The number of rotatable bonds is 4. The molecule has 2 aromatic heterocycles. The van der Waals surface area contributed by atoms with E-state index in [0.29, 0.717) is 11.4 Å². The molecule has 2 N–H and O–H groups in total. The summed E-state index contributed by atoms with van der Waals surface area (Å²) in [6.07, 6.45) is 4.42. The van der Waals surface area contributed by atoms with Gasteiger partial charge in [-0.05, 0) is 37.7 Å². The fourth-order valence-electron chi connectivity index (χ4n) is 3.00. The van der Waals surface area contributed by atoms with Crippen LogP contribution in [-0.4, -0.2) is 52.2 Å². The molecular weight excluding hydrogens is 318 g/mol. The van der Waals surface area contributed by atoms with Crippen molar-refractivity contribution in [2.45, 2.75) is 12.5 Å². The molecule has 1 aromatic carbocycles. The number of fused-ring (bicyclic) bond motifs is 1. The Kier molecular flexibility index (Phi) is 4.07. The van der Waals surface area contributed by atoms with E-state index in [1.807, 2.05) is 18.2 Å². The lowest BCUT2D eigenvalue weighted by atomic mass is 10.2. The van der Waals surface area contributed by atoms with Gasteiger partial charge in [0.25, 0.3) is 5.91 Å². The molecule has 1 atom stereocenters. The highest BCUT2D eigenvalue weighted by atomic mass is 16.5. The molecule has 0 saturated carbocycles. The minimum absolute atomic E-state index is 0.124. The molecule has 0 bridgehead atoms. The first kappa shape index (κ1) is 15.6. The first-order valence-corrected chi connectivity index (χ1v) is 8.23. The first-order valence-electron chi connectivity index (χ1n) is 8.23. The molecule has 7 heteroatoms. The third-order valence-electron chi connectivity index (χ3n) is 4.33. The van der Waals surface area contributed by atoms with Gasteiger partial charge in [0.05, 0.1) is 11.7 Å². The fourth-order valence-corrected chi connectivity index (χ4v) is 3.00. The summed E-state index contributed by atoms with van der Waals surface area (Å²) >= 11 is 0. The maximum Gasteiger partial charge on any atom is 0.255 e. The minimum Gasteiger partial charge on any atom is -0.473 e. The quantitative estimate of drug-likeness (QED) is 0.763. The van der Waals surface area contributed by atoms with Crippen LogP contribution in [0.3, 0.4) is 0 Å². The SMILES string of the molecule is CN1CC[C@H](Oc2cc(C(=O)Nc3ccc4[nH]ncc4c3)ccn2)C1. The van der Waals surface area contributed by atoms with Crippen molar-refractivity contribution in [3.05, 3.63) is 48.3 Å². The van der Waals surface area contributed by atoms with E-state index in [2.05, 4.69) is 32.4 Å². The molecule has 3 aromatic rings. The summed E-state index contributed by atoms with van der Waals surface area (Å²) in [6, 6.07) is 8.97. The molecule has 0 radical (unpaired) electrons. The number of benzene rings is 1. The van der Waals surface area contributed by atoms with Crippen LogP contribution in [0.1, 0.15) is 16.8 Å². The van der Waals surface area contributed by atoms with Gasteiger partial charge in [0.15, 0.2) is 0 Å². The monoisotopic (exact) mass is 337 g/mol. The molecule has 25 heavy (non-hydrogen) atoms. The zero-order valence-electron chi connectivity index (χ0n) is 13.9. The zero-order valence-corrected chi connectivity index (χ0v) is 13.9. The third-order valence-corrected chi connectivity index (χ3v) is 4.33. The number of aromatic amines is 1. The van der Waals surface area contributed by atoms with Gasteiger partial charge in [-0.3, -0.25) is 9.89 Å². The van der Waals surface area contributed by atoms with Gasteiger partial charge < -0.3 is 15.0 Å². The Labute approximate surface area is 145 Å². The Morgan fingerprint density at radius 3 is 3.12 bits per heavy atom. The van der Waals surface area contributed by atoms with Crippen molar-refractivity contribution < 1.29 is 9.53 Å². The zero-order chi connectivity index (χ0) is 17.2. The minimum atomic E-state index is -0.196. The predicted octanol–water partition coefficient (Wildman–Crippen LogP) is 2.29. The first-order chi connectivity index (χ1) is 12.2. The highest BCUT2D eigenvalue weighted by Gasteiger charge is 2.21. The Morgan fingerprint density at radius 1 is 1.36 bits per heavy atom. The van der Waals surface area contributed by atoms with Crippen LogP contribution < -0.4 is 10.1 Å². The van der Waals surface area contributed by atoms with Crippen LogP contribution in [0.15, 0.2) is 42.7 Å². The Balaban J connectivity index is 1.46. The number of hydrogen-bond donors (Lipinski definition) is 2. The molecule has 0 unspecified atom stereocenters. The van der Waals surface area contributed by atoms with Gasteiger partial charge in [-0.25, -0.2) is 4.98 Å². The Morgan fingerprint density at radius 2 is 2.28 bits per heavy atom. The summed E-state index contributed by atoms with van der Waals surface area (Å²) in [4.78, 5) is 18.9. The van der Waals surface area contributed by atoms with Crippen LogP contribution in [0, 0.1) is 0 Å². The molecule has 4 rings (SSSR count). The van der Waals surface area contributed by atoms with Crippen molar-refractivity contribution in [3.63, 3.8) is 0 Å². The molecule has 0 spiro atoms. The Hall–Kier alpha value is -2.93. The molecule has 1 fully saturated rings. The molecule has 1 aliphatic rings. The highest BCUT2D eigenvalue weighted by Crippen LogP contribution is 2.19. The van der Waals surface area contributed by atoms with E-state index >= 15 is 0 Å². The predicted molar refractivity (Wildman–Crippen MR) is 94.8 cm³/mol.